The summed E-state index contributed by atoms with van der Waals surface area (Å²) in [5.41, 5.74) is 0. The Labute approximate surface area is 96.6 Å². The first-order valence-electron chi connectivity index (χ1n) is 5.13. The molecule has 2 nitrogen and oxygen atoms in total. The lowest BCUT2D eigenvalue weighted by Crippen LogP contribution is -2.35. The van der Waals surface area contributed by atoms with Crippen molar-refractivity contribution in [2.45, 2.75) is 37.2 Å². The third kappa shape index (κ3) is 7.70. The molecule has 0 saturated heterocycles. The Morgan fingerprint density at radius 2 is 2.00 bits per heavy atom. The molecule has 1 N–H and O–H groups in total. The monoisotopic (exact) mass is 298 g/mol. The van der Waals surface area contributed by atoms with E-state index in [1.807, 2.05) is 0 Å². The zero-order chi connectivity index (χ0) is 10.3. The number of alkyl halides is 1. The Balaban J connectivity index is 3.25. The number of likely N-dealkylation sites (N-methyl/N-ethyl adjacent to an activating group) is 1. The molecule has 1 atom stereocenters. The van der Waals surface area contributed by atoms with Crippen molar-refractivity contribution in [3.05, 3.63) is 0 Å². The summed E-state index contributed by atoms with van der Waals surface area (Å²) in [6, 6.07) is 0.656. The van der Waals surface area contributed by atoms with Crippen molar-refractivity contribution >= 4 is 22.6 Å². The highest BCUT2D eigenvalue weighted by Gasteiger charge is 2.02. The molecular weight excluding hydrogens is 275 g/mol. The molecular formula is C10H23IN2. The van der Waals surface area contributed by atoms with Crippen LogP contribution in [0.1, 0.15) is 27.2 Å². The minimum absolute atomic E-state index is 0.656. The lowest BCUT2D eigenvalue weighted by atomic mass is 10.3. The van der Waals surface area contributed by atoms with Gasteiger partial charge in [0.15, 0.2) is 0 Å². The van der Waals surface area contributed by atoms with Gasteiger partial charge in [-0.05, 0) is 27.3 Å². The van der Waals surface area contributed by atoms with E-state index in [4.69, 9.17) is 0 Å². The normalized spacial score (nSPS) is 14.1. The fourth-order valence-electron chi connectivity index (χ4n) is 0.917. The quantitative estimate of drug-likeness (QED) is 0.440. The van der Waals surface area contributed by atoms with E-state index in [1.54, 1.807) is 0 Å². The summed E-state index contributed by atoms with van der Waals surface area (Å²) in [6.45, 7) is 10.1. The molecule has 0 heterocycles. The second-order valence-corrected chi connectivity index (χ2v) is 5.55. The maximum atomic E-state index is 3.47. The molecule has 0 aliphatic rings. The first kappa shape index (κ1) is 13.7. The molecule has 13 heavy (non-hydrogen) atoms. The zero-order valence-corrected chi connectivity index (χ0v) is 11.5. The van der Waals surface area contributed by atoms with Gasteiger partial charge in [-0.1, -0.05) is 29.5 Å². The van der Waals surface area contributed by atoms with Crippen molar-refractivity contribution in [2.75, 3.05) is 26.7 Å². The summed E-state index contributed by atoms with van der Waals surface area (Å²) < 4.78 is 0.780. The summed E-state index contributed by atoms with van der Waals surface area (Å²) in [4.78, 5) is 2.36. The van der Waals surface area contributed by atoms with E-state index in [9.17, 15) is 0 Å². The summed E-state index contributed by atoms with van der Waals surface area (Å²) >= 11 is 2.50. The lowest BCUT2D eigenvalue weighted by Gasteiger charge is -2.21. The van der Waals surface area contributed by atoms with Crippen LogP contribution >= 0.6 is 22.6 Å². The van der Waals surface area contributed by atoms with Crippen LogP contribution in [0.4, 0.5) is 0 Å². The molecule has 0 amide bonds. The Morgan fingerprint density at radius 3 is 2.46 bits per heavy atom. The van der Waals surface area contributed by atoms with Gasteiger partial charge in [-0.25, -0.2) is 0 Å². The molecule has 0 aliphatic carbocycles. The molecule has 0 radical (unpaired) electrons. The molecule has 80 valence electrons. The Morgan fingerprint density at radius 1 is 1.38 bits per heavy atom. The highest BCUT2D eigenvalue weighted by molar-refractivity contribution is 14.1. The largest absolute Gasteiger partial charge is 0.314 e. The van der Waals surface area contributed by atoms with Crippen LogP contribution in [0.25, 0.3) is 0 Å². The van der Waals surface area contributed by atoms with Crippen LogP contribution < -0.4 is 5.32 Å². The van der Waals surface area contributed by atoms with E-state index in [1.165, 1.54) is 6.42 Å². The van der Waals surface area contributed by atoms with Crippen molar-refractivity contribution in [3.63, 3.8) is 0 Å². The summed E-state index contributed by atoms with van der Waals surface area (Å²) in [5, 5.41) is 3.47. The van der Waals surface area contributed by atoms with Crippen molar-refractivity contribution in [3.8, 4) is 0 Å². The summed E-state index contributed by atoms with van der Waals surface area (Å²) in [5.74, 6) is 0. The standard InChI is InChI=1S/C10H23IN2/c1-5-10(11)8-12-6-7-13(4)9(2)3/h9-10,12H,5-8H2,1-4H3. The molecule has 0 rings (SSSR count). The second kappa shape index (κ2) is 8.00. The molecule has 1 unspecified atom stereocenters. The van der Waals surface area contributed by atoms with Crippen LogP contribution in [-0.2, 0) is 0 Å². The van der Waals surface area contributed by atoms with Crippen LogP contribution in [-0.4, -0.2) is 41.5 Å². The zero-order valence-electron chi connectivity index (χ0n) is 9.31. The average molecular weight is 298 g/mol. The SMILES string of the molecule is CCC(I)CNCCN(C)C(C)C. The van der Waals surface area contributed by atoms with Gasteiger partial charge in [0, 0.05) is 29.6 Å². The van der Waals surface area contributed by atoms with Gasteiger partial charge in [-0.2, -0.15) is 0 Å². The predicted octanol–water partition coefficient (Wildman–Crippen LogP) is 2.13. The third-order valence-corrected chi connectivity index (χ3v) is 3.65. The number of rotatable bonds is 7. The molecule has 3 heteroatoms. The number of hydrogen-bond donors (Lipinski definition) is 1. The molecule has 0 spiro atoms. The Hall–Kier alpha value is 0.650. The maximum absolute atomic E-state index is 3.47. The first-order valence-corrected chi connectivity index (χ1v) is 6.37. The van der Waals surface area contributed by atoms with Gasteiger partial charge in [0.2, 0.25) is 0 Å². The van der Waals surface area contributed by atoms with Crippen LogP contribution in [0.3, 0.4) is 0 Å². The summed E-state index contributed by atoms with van der Waals surface area (Å²) in [6.07, 6.45) is 1.26. The fourth-order valence-corrected chi connectivity index (χ4v) is 1.23. The third-order valence-electron chi connectivity index (χ3n) is 2.33. The highest BCUT2D eigenvalue weighted by atomic mass is 127. The van der Waals surface area contributed by atoms with Crippen molar-refractivity contribution in [2.24, 2.45) is 0 Å². The van der Waals surface area contributed by atoms with Gasteiger partial charge >= 0.3 is 0 Å². The van der Waals surface area contributed by atoms with E-state index in [0.29, 0.717) is 6.04 Å². The number of nitrogens with one attached hydrogen (secondary N) is 1. The number of halogens is 1. The fraction of sp³-hybridized carbons (Fsp3) is 1.00. The molecule has 0 fully saturated rings. The average Bonchev–Trinajstić information content (AvgIpc) is 2.11. The molecule has 0 aliphatic heterocycles. The van der Waals surface area contributed by atoms with Crippen LogP contribution in [0.5, 0.6) is 0 Å². The van der Waals surface area contributed by atoms with Gasteiger partial charge in [-0.15, -0.1) is 0 Å². The molecule has 0 aromatic heterocycles. The van der Waals surface area contributed by atoms with E-state index in [0.717, 1.165) is 23.6 Å². The smallest absolute Gasteiger partial charge is 0.0232 e. The Kier molecular flexibility index (Phi) is 8.40. The molecule has 0 aromatic rings. The van der Waals surface area contributed by atoms with Gasteiger partial charge in [-0.3, -0.25) is 0 Å². The first-order chi connectivity index (χ1) is 6.07. The minimum Gasteiger partial charge on any atom is -0.314 e. The Bertz CT molecular complexity index is 117. The highest BCUT2D eigenvalue weighted by Crippen LogP contribution is 2.02. The second-order valence-electron chi connectivity index (χ2n) is 3.78. The van der Waals surface area contributed by atoms with E-state index < -0.39 is 0 Å². The van der Waals surface area contributed by atoms with Gasteiger partial charge < -0.3 is 10.2 Å². The van der Waals surface area contributed by atoms with Crippen molar-refractivity contribution in [1.29, 1.82) is 0 Å². The van der Waals surface area contributed by atoms with Crippen LogP contribution in [0.15, 0.2) is 0 Å². The van der Waals surface area contributed by atoms with Crippen LogP contribution in [0, 0.1) is 0 Å². The number of nitrogens with zero attached hydrogens (tertiary/aromatic N) is 1. The lowest BCUT2D eigenvalue weighted by molar-refractivity contribution is 0.274. The van der Waals surface area contributed by atoms with E-state index >= 15 is 0 Å². The van der Waals surface area contributed by atoms with Crippen molar-refractivity contribution < 1.29 is 0 Å². The summed E-state index contributed by atoms with van der Waals surface area (Å²) in [7, 11) is 2.17. The van der Waals surface area contributed by atoms with Crippen LogP contribution in [0.2, 0.25) is 0 Å². The molecule has 0 aromatic carbocycles. The maximum Gasteiger partial charge on any atom is 0.0232 e. The topological polar surface area (TPSA) is 15.3 Å². The molecule has 0 bridgehead atoms. The van der Waals surface area contributed by atoms with Gasteiger partial charge in [0.1, 0.15) is 0 Å². The van der Waals surface area contributed by atoms with Gasteiger partial charge in [0.25, 0.3) is 0 Å². The van der Waals surface area contributed by atoms with Gasteiger partial charge in [0.05, 0.1) is 0 Å². The van der Waals surface area contributed by atoms with E-state index in [2.05, 4.69) is 60.6 Å². The van der Waals surface area contributed by atoms with Crippen molar-refractivity contribution in [1.82, 2.24) is 10.2 Å². The molecule has 0 saturated carbocycles. The minimum atomic E-state index is 0.656. The predicted molar refractivity (Wildman–Crippen MR) is 68.7 cm³/mol. The number of hydrogen-bond acceptors (Lipinski definition) is 2. The van der Waals surface area contributed by atoms with E-state index in [-0.39, 0.29) is 0 Å².